The van der Waals surface area contributed by atoms with Crippen LogP contribution in [0.2, 0.25) is 0 Å². The highest BCUT2D eigenvalue weighted by molar-refractivity contribution is 6.00. The van der Waals surface area contributed by atoms with Gasteiger partial charge in [0, 0.05) is 36.7 Å². The minimum absolute atomic E-state index is 0. The molecule has 3 rings (SSSR count). The number of carboxylic acid groups (broad SMARTS) is 1. The van der Waals surface area contributed by atoms with Crippen molar-refractivity contribution in [2.24, 2.45) is 0 Å². The molecular formula is C19H20ClN3O5. The van der Waals surface area contributed by atoms with E-state index in [0.29, 0.717) is 24.4 Å². The number of benzene rings is 1. The molecule has 148 valence electrons. The lowest BCUT2D eigenvalue weighted by Crippen LogP contribution is -2.51. The molecule has 1 N–H and O–H groups in total. The lowest BCUT2D eigenvalue weighted by atomic mass is 10.1. The van der Waals surface area contributed by atoms with E-state index < -0.39 is 12.6 Å². The third kappa shape index (κ3) is 5.43. The number of aromatic nitrogens is 1. The maximum atomic E-state index is 12.4. The molecule has 0 saturated carbocycles. The molecule has 1 amide bonds. The molecule has 0 radical (unpaired) electrons. The van der Waals surface area contributed by atoms with E-state index in [9.17, 15) is 14.4 Å². The number of hydrogen-bond acceptors (Lipinski definition) is 6. The number of carbonyl (C=O) groups excluding carboxylic acids is 2. The second-order valence-corrected chi connectivity index (χ2v) is 6.07. The zero-order valence-corrected chi connectivity index (χ0v) is 15.8. The van der Waals surface area contributed by atoms with E-state index in [1.165, 1.54) is 0 Å². The molecule has 0 bridgehead atoms. The number of ketones is 1. The zero-order chi connectivity index (χ0) is 19.2. The van der Waals surface area contributed by atoms with Gasteiger partial charge in [-0.15, -0.1) is 12.4 Å². The number of anilines is 1. The van der Waals surface area contributed by atoms with Gasteiger partial charge < -0.3 is 19.6 Å². The summed E-state index contributed by atoms with van der Waals surface area (Å²) < 4.78 is 5.04. The Labute approximate surface area is 168 Å². The summed E-state index contributed by atoms with van der Waals surface area (Å²) in [6.07, 6.45) is 3.36. The van der Waals surface area contributed by atoms with Crippen LogP contribution in [0.1, 0.15) is 10.4 Å². The van der Waals surface area contributed by atoms with Crippen molar-refractivity contribution in [2.45, 2.75) is 0 Å². The Hall–Kier alpha value is -3.13. The molecule has 9 heteroatoms. The molecule has 0 aliphatic carbocycles. The first kappa shape index (κ1) is 21.2. The number of carboxylic acids is 1. The SMILES string of the molecule is Cl.O=C(O)COc1ccc(C(=O)CN2CCN(c3ccncc3)CC2=O)cc1. The van der Waals surface area contributed by atoms with Gasteiger partial charge in [0.1, 0.15) is 5.75 Å². The van der Waals surface area contributed by atoms with Gasteiger partial charge >= 0.3 is 5.97 Å². The molecule has 8 nitrogen and oxygen atoms in total. The van der Waals surface area contributed by atoms with Crippen LogP contribution in [0.25, 0.3) is 0 Å². The predicted molar refractivity (Wildman–Crippen MR) is 104 cm³/mol. The van der Waals surface area contributed by atoms with Crippen molar-refractivity contribution < 1.29 is 24.2 Å². The Morgan fingerprint density at radius 3 is 2.36 bits per heavy atom. The molecule has 1 aromatic carbocycles. The maximum Gasteiger partial charge on any atom is 0.341 e. The molecular weight excluding hydrogens is 386 g/mol. The average molecular weight is 406 g/mol. The quantitative estimate of drug-likeness (QED) is 0.696. The van der Waals surface area contributed by atoms with E-state index in [2.05, 4.69) is 4.98 Å². The first-order chi connectivity index (χ1) is 13.0. The normalized spacial score (nSPS) is 13.6. The number of aliphatic carboxylic acids is 1. The lowest BCUT2D eigenvalue weighted by molar-refractivity contribution is -0.139. The fraction of sp³-hybridized carbons (Fsp3) is 0.263. The van der Waals surface area contributed by atoms with Gasteiger partial charge in [0.15, 0.2) is 12.4 Å². The number of pyridine rings is 1. The van der Waals surface area contributed by atoms with Crippen molar-refractivity contribution in [1.29, 1.82) is 0 Å². The van der Waals surface area contributed by atoms with Gasteiger partial charge in [-0.3, -0.25) is 14.6 Å². The summed E-state index contributed by atoms with van der Waals surface area (Å²) in [6.45, 7) is 0.902. The van der Waals surface area contributed by atoms with Gasteiger partial charge in [-0.1, -0.05) is 0 Å². The smallest absolute Gasteiger partial charge is 0.341 e. The number of Topliss-reactive ketones (excluding diaryl/α,β-unsaturated/α-hetero) is 1. The third-order valence-corrected chi connectivity index (χ3v) is 4.22. The van der Waals surface area contributed by atoms with Gasteiger partial charge in [0.05, 0.1) is 13.1 Å². The summed E-state index contributed by atoms with van der Waals surface area (Å²) in [5.41, 5.74) is 1.38. The number of carbonyl (C=O) groups is 3. The lowest BCUT2D eigenvalue weighted by Gasteiger charge is -2.35. The van der Waals surface area contributed by atoms with Crippen LogP contribution in [-0.2, 0) is 9.59 Å². The third-order valence-electron chi connectivity index (χ3n) is 4.22. The highest BCUT2D eigenvalue weighted by Crippen LogP contribution is 2.17. The number of piperazine rings is 1. The van der Waals surface area contributed by atoms with Gasteiger partial charge in [-0.25, -0.2) is 4.79 Å². The molecule has 0 atom stereocenters. The van der Waals surface area contributed by atoms with Crippen LogP contribution >= 0.6 is 12.4 Å². The van der Waals surface area contributed by atoms with E-state index in [0.717, 1.165) is 5.69 Å². The highest BCUT2D eigenvalue weighted by Gasteiger charge is 2.26. The summed E-state index contributed by atoms with van der Waals surface area (Å²) in [4.78, 5) is 42.8. The molecule has 1 saturated heterocycles. The van der Waals surface area contributed by atoms with E-state index >= 15 is 0 Å². The highest BCUT2D eigenvalue weighted by atomic mass is 35.5. The van der Waals surface area contributed by atoms with Gasteiger partial charge in [-0.2, -0.15) is 0 Å². The summed E-state index contributed by atoms with van der Waals surface area (Å²) in [7, 11) is 0. The van der Waals surface area contributed by atoms with Crippen molar-refractivity contribution in [2.75, 3.05) is 37.7 Å². The predicted octanol–water partition coefficient (Wildman–Crippen LogP) is 1.50. The standard InChI is InChI=1S/C19H19N3O5.ClH/c23-17(14-1-3-16(4-2-14)27-13-19(25)26)11-22-10-9-21(12-18(22)24)15-5-7-20-8-6-15;/h1-8H,9-13H2,(H,25,26);1H. The molecule has 28 heavy (non-hydrogen) atoms. The number of amides is 1. The van der Waals surface area contributed by atoms with E-state index in [4.69, 9.17) is 9.84 Å². The van der Waals surface area contributed by atoms with Gasteiger partial charge in [0.2, 0.25) is 5.91 Å². The Morgan fingerprint density at radius 1 is 1.07 bits per heavy atom. The van der Waals surface area contributed by atoms with E-state index in [1.807, 2.05) is 17.0 Å². The van der Waals surface area contributed by atoms with Crippen LogP contribution in [-0.4, -0.2) is 65.4 Å². The average Bonchev–Trinajstić information content (AvgIpc) is 2.69. The molecule has 1 aliphatic heterocycles. The number of ether oxygens (including phenoxy) is 1. The van der Waals surface area contributed by atoms with E-state index in [1.54, 1.807) is 41.6 Å². The van der Waals surface area contributed by atoms with Crippen LogP contribution in [0.5, 0.6) is 5.75 Å². The van der Waals surface area contributed by atoms with Crippen LogP contribution in [0.4, 0.5) is 5.69 Å². The van der Waals surface area contributed by atoms with Crippen molar-refractivity contribution in [3.63, 3.8) is 0 Å². The van der Waals surface area contributed by atoms with Crippen molar-refractivity contribution in [1.82, 2.24) is 9.88 Å². The molecule has 2 heterocycles. The number of nitrogens with zero attached hydrogens (tertiary/aromatic N) is 3. The van der Waals surface area contributed by atoms with Crippen LogP contribution in [0.15, 0.2) is 48.8 Å². The molecule has 1 fully saturated rings. The number of halogens is 1. The van der Waals surface area contributed by atoms with Crippen LogP contribution in [0.3, 0.4) is 0 Å². The topological polar surface area (TPSA) is 100 Å². The summed E-state index contributed by atoms with van der Waals surface area (Å²) >= 11 is 0. The van der Waals surface area contributed by atoms with Crippen molar-refractivity contribution >= 4 is 35.8 Å². The first-order valence-electron chi connectivity index (χ1n) is 8.43. The molecule has 1 aliphatic rings. The summed E-state index contributed by atoms with van der Waals surface area (Å²) in [5.74, 6) is -0.978. The number of hydrogen-bond donors (Lipinski definition) is 1. The minimum atomic E-state index is -1.07. The monoisotopic (exact) mass is 405 g/mol. The number of rotatable bonds is 7. The Bertz CT molecular complexity index is 829. The van der Waals surface area contributed by atoms with E-state index in [-0.39, 0.29) is 37.2 Å². The zero-order valence-electron chi connectivity index (χ0n) is 15.0. The fourth-order valence-corrected chi connectivity index (χ4v) is 2.80. The first-order valence-corrected chi connectivity index (χ1v) is 8.43. The Balaban J connectivity index is 0.00000280. The van der Waals surface area contributed by atoms with Crippen LogP contribution < -0.4 is 9.64 Å². The van der Waals surface area contributed by atoms with Gasteiger partial charge in [-0.05, 0) is 36.4 Å². The van der Waals surface area contributed by atoms with Crippen LogP contribution in [0, 0.1) is 0 Å². The summed E-state index contributed by atoms with van der Waals surface area (Å²) in [6, 6.07) is 9.91. The maximum absolute atomic E-state index is 12.4. The molecule has 0 spiro atoms. The largest absolute Gasteiger partial charge is 0.482 e. The fourth-order valence-electron chi connectivity index (χ4n) is 2.80. The molecule has 1 aromatic heterocycles. The minimum Gasteiger partial charge on any atom is -0.482 e. The van der Waals surface area contributed by atoms with Crippen molar-refractivity contribution in [3.05, 3.63) is 54.4 Å². The molecule has 0 unspecified atom stereocenters. The second-order valence-electron chi connectivity index (χ2n) is 6.07. The summed E-state index contributed by atoms with van der Waals surface area (Å²) in [5, 5.41) is 8.59. The van der Waals surface area contributed by atoms with Crippen molar-refractivity contribution in [3.8, 4) is 5.75 Å². The Morgan fingerprint density at radius 2 is 1.75 bits per heavy atom. The Kier molecular flexibility index (Phi) is 7.34. The van der Waals surface area contributed by atoms with Gasteiger partial charge in [0.25, 0.3) is 0 Å². The second kappa shape index (κ2) is 9.70. The molecule has 2 aromatic rings.